The van der Waals surface area contributed by atoms with E-state index in [0.717, 1.165) is 0 Å². The Balaban J connectivity index is -0.00000000522. The van der Waals surface area contributed by atoms with Gasteiger partial charge in [-0.25, -0.2) is 0 Å². The molecule has 0 rings (SSSR count). The van der Waals surface area contributed by atoms with E-state index in [9.17, 15) is 0 Å². The molecule has 0 bridgehead atoms. The summed E-state index contributed by atoms with van der Waals surface area (Å²) in [5.74, 6) is 0. The second-order valence-electron chi connectivity index (χ2n) is 4.70. The molecule has 0 fully saturated rings. The normalized spacial score (nSPS) is 5.52. The third-order valence-corrected chi connectivity index (χ3v) is 5.01. The van der Waals surface area contributed by atoms with Gasteiger partial charge in [-0.1, -0.05) is 0 Å². The minimum atomic E-state index is 0. The van der Waals surface area contributed by atoms with Crippen molar-refractivity contribution in [1.82, 2.24) is 0 Å². The van der Waals surface area contributed by atoms with Gasteiger partial charge in [0.15, 0.2) is 0 Å². The van der Waals surface area contributed by atoms with E-state index in [2.05, 4.69) is 50.3 Å². The molecule has 0 nitrogen and oxygen atoms in total. The molecular formula is C10H18W15-2. The van der Waals surface area contributed by atoms with Crippen LogP contribution < -0.4 is 0 Å². The Morgan fingerprint density at radius 2 is 0.440 bits per heavy atom. The van der Waals surface area contributed by atoms with Crippen LogP contribution in [0.25, 0.3) is 0 Å². The third kappa shape index (κ3) is 136. The topological polar surface area (TPSA) is 0 Å². The molecule has 25 heavy (non-hydrogen) atoms. The zero-order valence-corrected chi connectivity index (χ0v) is 58.1. The van der Waals surface area contributed by atoms with Crippen molar-refractivity contribution < 1.29 is 303 Å². The summed E-state index contributed by atoms with van der Waals surface area (Å²) >= 11 is 6.22. The molecule has 0 atom stereocenters. The van der Waals surface area contributed by atoms with Crippen LogP contribution in [-0.4, -0.2) is 8.80 Å². The molecule has 0 amide bonds. The summed E-state index contributed by atoms with van der Waals surface area (Å²) in [7, 11) is 0. The van der Waals surface area contributed by atoms with E-state index >= 15 is 0 Å². The molecule has 0 spiro atoms. The molecule has 0 aromatic carbocycles. The Hall–Kier alpha value is 10.1. The molecule has 0 radical (unpaired) electrons. The van der Waals surface area contributed by atoms with E-state index < -0.39 is 0 Å². The standard InChI is InChI=1S/2C5H9.15W/c2*1-5(2,3)4;;;;;;;;;;;;;;;/h2*1-3H3;;;;;;;;;;;;;;;/q2*-1;;;;;;;;;;;;;;;. The molecule has 0 aromatic heterocycles. The molecule has 0 aliphatic carbocycles. The first-order valence-electron chi connectivity index (χ1n) is 4.07. The van der Waals surface area contributed by atoms with Crippen LogP contribution in [0.4, 0.5) is 0 Å². The van der Waals surface area contributed by atoms with Crippen molar-refractivity contribution in [3.05, 3.63) is 0 Å². The molecule has 150 valence electrons. The van der Waals surface area contributed by atoms with Gasteiger partial charge >= 0.3 is 132 Å². The van der Waals surface area contributed by atoms with Crippen LogP contribution in [0.15, 0.2) is 0 Å². The molecule has 0 unspecified atom stereocenters. The summed E-state index contributed by atoms with van der Waals surface area (Å²) < 4.78 is 6.38. The van der Waals surface area contributed by atoms with Gasteiger partial charge in [-0.05, 0) is 0 Å². The average molecular weight is 2900 g/mol. The Bertz CT molecular complexity index is 145. The second-order valence-corrected chi connectivity index (χ2v) is 6.17. The quantitative estimate of drug-likeness (QED) is 0.328. The van der Waals surface area contributed by atoms with Crippen LogP contribution in [0.3, 0.4) is 0 Å². The van der Waals surface area contributed by atoms with Crippen molar-refractivity contribution in [3.8, 4) is 0 Å². The zero-order chi connectivity index (χ0) is 12.4. The number of hydrogen-bond donors (Lipinski definition) is 0. The van der Waals surface area contributed by atoms with E-state index in [0.29, 0.717) is 10.8 Å². The fraction of sp³-hybridized carbons (Fsp3) is 0.800. The van der Waals surface area contributed by atoms with Gasteiger partial charge in [-0.2, -0.15) is 0 Å². The van der Waals surface area contributed by atoms with Crippen molar-refractivity contribution in [2.24, 2.45) is 10.8 Å². The Morgan fingerprint density at radius 1 is 0.400 bits per heavy atom. The summed E-state index contributed by atoms with van der Waals surface area (Å²) in [6, 6.07) is 0. The maximum atomic E-state index is 3.19. The summed E-state index contributed by atoms with van der Waals surface area (Å²) in [6.07, 6.45) is 0. The van der Waals surface area contributed by atoms with Gasteiger partial charge in [0.2, 0.25) is 0 Å². The van der Waals surface area contributed by atoms with Crippen LogP contribution in [0, 0.1) is 10.8 Å². The first-order valence-corrected chi connectivity index (χ1v) is 18.0. The number of rotatable bonds is 0. The maximum absolute atomic E-state index is 3.19. The third-order valence-electron chi connectivity index (χ3n) is 0.612. The van der Waals surface area contributed by atoms with Crippen LogP contribution in [0.5, 0.6) is 0 Å². The van der Waals surface area contributed by atoms with Gasteiger partial charge in [0.25, 0.3) is 0 Å². The van der Waals surface area contributed by atoms with Gasteiger partial charge in [0, 0.05) is 232 Å². The molecule has 0 saturated carbocycles. The van der Waals surface area contributed by atoms with Crippen LogP contribution >= 0.6 is 0 Å². The molecule has 0 aliphatic rings. The number of hydrogen-bond acceptors (Lipinski definition) is 0. The Labute approximate surface area is 355 Å². The first kappa shape index (κ1) is 91.7. The summed E-state index contributed by atoms with van der Waals surface area (Å²) in [5, 5.41) is 0. The molecule has 0 saturated heterocycles. The first-order chi connectivity index (χ1) is 6.12. The van der Waals surface area contributed by atoms with Crippen molar-refractivity contribution in [2.45, 2.75) is 41.5 Å². The zero-order valence-electron chi connectivity index (χ0n) is 14.1. The molecular weight excluding hydrogens is 2880 g/mol. The van der Waals surface area contributed by atoms with Crippen molar-refractivity contribution in [3.63, 3.8) is 0 Å². The van der Waals surface area contributed by atoms with E-state index in [4.69, 9.17) is 0 Å². The molecule has 0 aliphatic heterocycles. The minimum absolute atomic E-state index is 0. The Kier molecular flexibility index (Phi) is 236. The SMILES string of the molecule is CC(C)(C)[C-]=[W].CC(C)(C)[C-]=[W].[W].[W].[W].[W].[W].[W].[W].[W].[W].[W].[W].[W]=[W]. The van der Waals surface area contributed by atoms with Gasteiger partial charge in [-0.15, -0.1) is 0 Å². The van der Waals surface area contributed by atoms with E-state index in [-0.39, 0.29) is 232 Å². The van der Waals surface area contributed by atoms with Crippen molar-refractivity contribution in [2.75, 3.05) is 0 Å². The predicted octanol–water partition coefficient (Wildman–Crippen LogP) is 2.48. The van der Waals surface area contributed by atoms with E-state index in [1.807, 2.05) is 0 Å². The van der Waals surface area contributed by atoms with Crippen molar-refractivity contribution in [1.29, 1.82) is 0 Å². The van der Waals surface area contributed by atoms with Crippen LogP contribution in [-0.2, 0) is 303 Å². The molecule has 0 heterocycles. The summed E-state index contributed by atoms with van der Waals surface area (Å²) in [5.41, 5.74) is 0.657. The monoisotopic (exact) mass is 2900 g/mol. The van der Waals surface area contributed by atoms with Crippen molar-refractivity contribution >= 4 is 8.80 Å². The summed E-state index contributed by atoms with van der Waals surface area (Å²) in [4.78, 5) is 0. The molecule has 15 heteroatoms. The van der Waals surface area contributed by atoms with E-state index in [1.54, 1.807) is 32.4 Å². The van der Waals surface area contributed by atoms with Gasteiger partial charge in [0.1, 0.15) is 0 Å². The molecule has 0 N–H and O–H groups in total. The predicted molar refractivity (Wildman–Crippen MR) is 48.9 cm³/mol. The van der Waals surface area contributed by atoms with Gasteiger partial charge in [0.05, 0.1) is 0 Å². The van der Waals surface area contributed by atoms with Gasteiger partial charge in [-0.3, -0.25) is 0 Å². The molecule has 0 aromatic rings. The fourth-order valence-corrected chi connectivity index (χ4v) is 0. The fourth-order valence-electron chi connectivity index (χ4n) is 0. The summed E-state index contributed by atoms with van der Waals surface area (Å²) in [6.45, 7) is 12.9. The van der Waals surface area contributed by atoms with Gasteiger partial charge < -0.3 is 0 Å². The van der Waals surface area contributed by atoms with Crippen LogP contribution in [0.2, 0.25) is 0 Å². The van der Waals surface area contributed by atoms with E-state index in [1.165, 1.54) is 38.7 Å². The Morgan fingerprint density at radius 3 is 0.440 bits per heavy atom. The van der Waals surface area contributed by atoms with Crippen LogP contribution in [0.1, 0.15) is 41.5 Å². The second kappa shape index (κ2) is 64.3. The average Bonchev–Trinajstić information content (AvgIpc) is 2.07.